The van der Waals surface area contributed by atoms with Crippen LogP contribution in [0.5, 0.6) is 5.75 Å². The zero-order valence-electron chi connectivity index (χ0n) is 16.4. The molecule has 1 saturated heterocycles. The number of anilines is 1. The average Bonchev–Trinajstić information content (AvgIpc) is 2.76. The van der Waals surface area contributed by atoms with E-state index in [-0.39, 0.29) is 0 Å². The number of rotatable bonds is 4. The number of aromatic hydroxyl groups is 1. The summed E-state index contributed by atoms with van der Waals surface area (Å²) in [6.07, 6.45) is 0. The third-order valence-electron chi connectivity index (χ3n) is 5.73. The molecule has 1 heterocycles. The lowest BCUT2D eigenvalue weighted by atomic mass is 10.0. The lowest BCUT2D eigenvalue weighted by Crippen LogP contribution is -2.47. The molecule has 29 heavy (non-hydrogen) atoms. The highest BCUT2D eigenvalue weighted by Gasteiger charge is 2.22. The van der Waals surface area contributed by atoms with Gasteiger partial charge in [0, 0.05) is 48.4 Å². The second kappa shape index (κ2) is 8.90. The van der Waals surface area contributed by atoms with Crippen LogP contribution in [0.2, 0.25) is 0 Å². The van der Waals surface area contributed by atoms with E-state index in [1.54, 1.807) is 0 Å². The van der Waals surface area contributed by atoms with E-state index in [2.05, 4.69) is 103 Å². The van der Waals surface area contributed by atoms with Crippen molar-refractivity contribution < 1.29 is 5.11 Å². The molecule has 0 bridgehead atoms. The number of hydrogen-bond acceptors (Lipinski definition) is 3. The smallest absolute Gasteiger partial charge is 0.131 e. The van der Waals surface area contributed by atoms with Gasteiger partial charge in [0.15, 0.2) is 0 Å². The minimum Gasteiger partial charge on any atom is -0.507 e. The van der Waals surface area contributed by atoms with E-state index in [4.69, 9.17) is 0 Å². The summed E-state index contributed by atoms with van der Waals surface area (Å²) >= 11 is 6.85. The molecule has 1 atom stereocenters. The van der Waals surface area contributed by atoms with Gasteiger partial charge in [-0.15, -0.1) is 0 Å². The minimum atomic E-state index is 0.296. The van der Waals surface area contributed by atoms with Crippen molar-refractivity contribution in [3.63, 3.8) is 0 Å². The fourth-order valence-corrected chi connectivity index (χ4v) is 4.38. The van der Waals surface area contributed by atoms with Gasteiger partial charge >= 0.3 is 0 Å². The van der Waals surface area contributed by atoms with Crippen LogP contribution < -0.4 is 4.90 Å². The molecular formula is C24H24Br2N2O. The first-order chi connectivity index (χ1) is 14.0. The lowest BCUT2D eigenvalue weighted by Gasteiger charge is -2.39. The molecule has 150 valence electrons. The molecule has 1 fully saturated rings. The van der Waals surface area contributed by atoms with Gasteiger partial charge in [0.2, 0.25) is 0 Å². The van der Waals surface area contributed by atoms with E-state index in [1.807, 2.05) is 12.1 Å². The van der Waals surface area contributed by atoms with E-state index in [9.17, 15) is 5.11 Å². The molecule has 3 nitrogen and oxygen atoms in total. The van der Waals surface area contributed by atoms with E-state index >= 15 is 0 Å². The van der Waals surface area contributed by atoms with Crippen LogP contribution in [0.15, 0.2) is 75.7 Å². The predicted molar refractivity (Wildman–Crippen MR) is 128 cm³/mol. The van der Waals surface area contributed by atoms with Gasteiger partial charge in [-0.2, -0.15) is 0 Å². The largest absolute Gasteiger partial charge is 0.507 e. The van der Waals surface area contributed by atoms with Crippen molar-refractivity contribution in [2.45, 2.75) is 13.0 Å². The summed E-state index contributed by atoms with van der Waals surface area (Å²) in [5, 5.41) is 9.95. The second-order valence-electron chi connectivity index (χ2n) is 7.46. The summed E-state index contributed by atoms with van der Waals surface area (Å²) in [4.78, 5) is 4.87. The number of phenols is 1. The van der Waals surface area contributed by atoms with E-state index in [0.717, 1.165) is 40.8 Å². The summed E-state index contributed by atoms with van der Waals surface area (Å²) in [5.74, 6) is 0.296. The summed E-state index contributed by atoms with van der Waals surface area (Å²) < 4.78 is 1.84. The average molecular weight is 516 g/mol. The highest BCUT2D eigenvalue weighted by molar-refractivity contribution is 9.10. The van der Waals surface area contributed by atoms with Gasteiger partial charge in [-0.3, -0.25) is 4.90 Å². The van der Waals surface area contributed by atoms with Gasteiger partial charge in [-0.25, -0.2) is 0 Å². The van der Waals surface area contributed by atoms with Crippen molar-refractivity contribution in [1.82, 2.24) is 4.90 Å². The van der Waals surface area contributed by atoms with Crippen molar-refractivity contribution >= 4 is 37.5 Å². The van der Waals surface area contributed by atoms with Crippen LogP contribution in [0.3, 0.4) is 0 Å². The van der Waals surface area contributed by atoms with Crippen molar-refractivity contribution in [3.8, 4) is 16.9 Å². The quantitative estimate of drug-likeness (QED) is 0.431. The number of nitrogens with zero attached hydrogens (tertiary/aromatic N) is 2. The van der Waals surface area contributed by atoms with Crippen LogP contribution in [0.1, 0.15) is 18.5 Å². The molecule has 0 spiro atoms. The number of benzene rings is 3. The van der Waals surface area contributed by atoms with Crippen LogP contribution in [0.25, 0.3) is 11.1 Å². The van der Waals surface area contributed by atoms with E-state index < -0.39 is 0 Å². The van der Waals surface area contributed by atoms with Crippen molar-refractivity contribution in [2.24, 2.45) is 0 Å². The van der Waals surface area contributed by atoms with Crippen LogP contribution in [0, 0.1) is 0 Å². The van der Waals surface area contributed by atoms with Crippen LogP contribution in [0.4, 0.5) is 5.69 Å². The molecule has 5 heteroatoms. The SMILES string of the molecule is CC(c1ccc(-c2ccc(Br)cc2)cc1)N1CCN(c2ccc(Br)c(O)c2)CC1. The zero-order chi connectivity index (χ0) is 20.4. The fourth-order valence-electron chi connectivity index (χ4n) is 3.87. The minimum absolute atomic E-state index is 0.296. The summed E-state index contributed by atoms with van der Waals surface area (Å²) in [7, 11) is 0. The summed E-state index contributed by atoms with van der Waals surface area (Å²) in [6.45, 7) is 6.22. The van der Waals surface area contributed by atoms with E-state index in [1.165, 1.54) is 16.7 Å². The third kappa shape index (κ3) is 4.68. The lowest BCUT2D eigenvalue weighted by molar-refractivity contribution is 0.198. The molecule has 0 aliphatic carbocycles. The molecule has 1 N–H and O–H groups in total. The molecule has 1 aliphatic rings. The van der Waals surface area contributed by atoms with Gasteiger partial charge in [0.05, 0.1) is 4.47 Å². The first kappa shape index (κ1) is 20.5. The Labute approximate surface area is 189 Å². The molecule has 0 amide bonds. The number of halogens is 2. The Balaban J connectivity index is 1.39. The van der Waals surface area contributed by atoms with Gasteiger partial charge in [-0.1, -0.05) is 52.3 Å². The Kier molecular flexibility index (Phi) is 6.28. The Bertz CT molecular complexity index is 965. The fraction of sp³-hybridized carbons (Fsp3) is 0.250. The topological polar surface area (TPSA) is 26.7 Å². The molecular weight excluding hydrogens is 492 g/mol. The number of hydrogen-bond donors (Lipinski definition) is 1. The number of phenolic OH excluding ortho intramolecular Hbond substituents is 1. The standard InChI is InChI=1S/C24H24Br2N2O/c1-17(18-2-4-19(5-3-18)20-6-8-21(25)9-7-20)27-12-14-28(15-13-27)22-10-11-23(26)24(29)16-22/h2-11,16-17,29H,12-15H2,1H3. The number of piperazine rings is 1. The molecule has 0 radical (unpaired) electrons. The first-order valence-corrected chi connectivity index (χ1v) is 11.4. The molecule has 3 aromatic rings. The van der Waals surface area contributed by atoms with Crippen molar-refractivity contribution in [3.05, 3.63) is 81.2 Å². The van der Waals surface area contributed by atoms with Crippen LogP contribution in [-0.4, -0.2) is 36.2 Å². The maximum Gasteiger partial charge on any atom is 0.131 e. The zero-order valence-corrected chi connectivity index (χ0v) is 19.5. The Morgan fingerprint density at radius 3 is 1.97 bits per heavy atom. The molecule has 1 aliphatic heterocycles. The van der Waals surface area contributed by atoms with Gasteiger partial charge < -0.3 is 10.0 Å². The van der Waals surface area contributed by atoms with Crippen LogP contribution in [-0.2, 0) is 0 Å². The van der Waals surface area contributed by atoms with Crippen LogP contribution >= 0.6 is 31.9 Å². The Hall–Kier alpha value is -1.82. The molecule has 0 aromatic heterocycles. The predicted octanol–water partition coefficient (Wildman–Crippen LogP) is 6.47. The highest BCUT2D eigenvalue weighted by Crippen LogP contribution is 2.31. The molecule has 3 aromatic carbocycles. The monoisotopic (exact) mass is 514 g/mol. The summed E-state index contributed by atoms with van der Waals surface area (Å²) in [6, 6.07) is 23.6. The second-order valence-corrected chi connectivity index (χ2v) is 9.23. The molecule has 0 saturated carbocycles. The Morgan fingerprint density at radius 1 is 0.793 bits per heavy atom. The normalized spacial score (nSPS) is 16.0. The maximum absolute atomic E-state index is 9.95. The van der Waals surface area contributed by atoms with Crippen molar-refractivity contribution in [1.29, 1.82) is 0 Å². The van der Waals surface area contributed by atoms with Gasteiger partial charge in [-0.05, 0) is 63.8 Å². The first-order valence-electron chi connectivity index (χ1n) is 9.85. The van der Waals surface area contributed by atoms with Gasteiger partial charge in [0.1, 0.15) is 5.75 Å². The highest BCUT2D eigenvalue weighted by atomic mass is 79.9. The maximum atomic E-state index is 9.95. The molecule has 4 rings (SSSR count). The summed E-state index contributed by atoms with van der Waals surface area (Å²) in [5.41, 5.74) is 4.91. The third-order valence-corrected chi connectivity index (χ3v) is 6.93. The van der Waals surface area contributed by atoms with Crippen molar-refractivity contribution in [2.75, 3.05) is 31.1 Å². The Morgan fingerprint density at radius 2 is 1.38 bits per heavy atom. The molecule has 1 unspecified atom stereocenters. The van der Waals surface area contributed by atoms with E-state index in [0.29, 0.717) is 11.8 Å². The van der Waals surface area contributed by atoms with Gasteiger partial charge in [0.25, 0.3) is 0 Å².